The van der Waals surface area contributed by atoms with E-state index in [9.17, 15) is 0 Å². The zero-order chi connectivity index (χ0) is 49.5. The third kappa shape index (κ3) is 13.3. The van der Waals surface area contributed by atoms with Crippen LogP contribution in [0.5, 0.6) is 5.75 Å². The molecule has 1 N–H and O–H groups in total. The summed E-state index contributed by atoms with van der Waals surface area (Å²) in [5, 5.41) is 16.4. The number of methoxy groups -OCH3 is 1. The zero-order valence-electron chi connectivity index (χ0n) is 42.2. The van der Waals surface area contributed by atoms with E-state index in [0.29, 0.717) is 29.6 Å². The van der Waals surface area contributed by atoms with Gasteiger partial charge in [-0.05, 0) is 117 Å². The van der Waals surface area contributed by atoms with Gasteiger partial charge in [0.15, 0.2) is 0 Å². The van der Waals surface area contributed by atoms with Gasteiger partial charge in [0.25, 0.3) is 0 Å². The molecular weight excluding hydrogens is 849 g/mol. The first-order chi connectivity index (χ1) is 33.3. The third-order valence-corrected chi connectivity index (χ3v) is 12.1. The maximum Gasteiger partial charge on any atom is 0.137 e. The molecule has 0 aliphatic rings. The topological polar surface area (TPSA) is 107 Å². The Hall–Kier alpha value is -7.16. The summed E-state index contributed by atoms with van der Waals surface area (Å²) in [5.41, 5.74) is 11.7. The molecule has 69 heavy (non-hydrogen) atoms. The third-order valence-electron chi connectivity index (χ3n) is 12.1. The molecule has 0 saturated carbocycles. The monoisotopic (exact) mass is 917 g/mol. The van der Waals surface area contributed by atoms with Crippen LogP contribution in [0.15, 0.2) is 165 Å². The maximum absolute atomic E-state index is 9.09. The van der Waals surface area contributed by atoms with Crippen molar-refractivity contribution in [3.8, 4) is 5.75 Å². The van der Waals surface area contributed by atoms with E-state index < -0.39 is 0 Å². The van der Waals surface area contributed by atoms with E-state index >= 15 is 0 Å². The Morgan fingerprint density at radius 1 is 0.406 bits per heavy atom. The summed E-state index contributed by atoms with van der Waals surface area (Å²) in [6.45, 7) is 22.0. The molecule has 8 heteroatoms. The van der Waals surface area contributed by atoms with E-state index in [1.165, 1.54) is 54.7 Å². The lowest BCUT2D eigenvalue weighted by atomic mass is 9.97. The van der Waals surface area contributed by atoms with Crippen LogP contribution in [0.2, 0.25) is 0 Å². The molecule has 354 valence electrons. The normalized spacial score (nSPS) is 11.0. The molecule has 0 radical (unpaired) electrons. The summed E-state index contributed by atoms with van der Waals surface area (Å²) in [7, 11) is 1.67. The Morgan fingerprint density at radius 2 is 0.884 bits per heavy atom. The minimum atomic E-state index is 0.0510. The molecule has 10 aromatic rings. The Morgan fingerprint density at radius 3 is 1.43 bits per heavy atom. The van der Waals surface area contributed by atoms with E-state index in [2.05, 4.69) is 178 Å². The lowest BCUT2D eigenvalue weighted by molar-refractivity contribution is 0.281. The number of ether oxygens (including phenoxy) is 1. The number of hydrogen-bond acceptors (Lipinski definition) is 8. The molecule has 5 aromatic heterocycles. The SMILES string of the molecule is CC(C)c1cccc2cnccc12.CC(C)c1cccc2ncc(CO)cc12.CC(C)c1cccc2ncccc12.CC(C)c1cccc2ncncc12.COc1cnc2cccc(C(C)C)c2c1. The molecule has 0 spiro atoms. The van der Waals surface area contributed by atoms with Crippen LogP contribution < -0.4 is 4.74 Å². The van der Waals surface area contributed by atoms with Gasteiger partial charge in [0, 0.05) is 57.9 Å². The number of aromatic nitrogens is 6. The number of rotatable bonds is 7. The fourth-order valence-electron chi connectivity index (χ4n) is 8.39. The van der Waals surface area contributed by atoms with Crippen molar-refractivity contribution in [2.75, 3.05) is 7.11 Å². The molecule has 8 nitrogen and oxygen atoms in total. The van der Waals surface area contributed by atoms with Gasteiger partial charge in [0.1, 0.15) is 12.1 Å². The Labute approximate surface area is 409 Å². The number of aliphatic hydroxyl groups excluding tert-OH is 1. The molecule has 0 fully saturated rings. The first kappa shape index (κ1) is 51.2. The molecule has 0 saturated heterocycles. The van der Waals surface area contributed by atoms with Crippen molar-refractivity contribution >= 4 is 54.4 Å². The Bertz CT molecular complexity index is 2910. The van der Waals surface area contributed by atoms with Crippen LogP contribution in [0.25, 0.3) is 54.4 Å². The average Bonchev–Trinajstić information content (AvgIpc) is 3.37. The highest BCUT2D eigenvalue weighted by molar-refractivity contribution is 5.86. The van der Waals surface area contributed by atoms with Gasteiger partial charge in [-0.25, -0.2) is 9.97 Å². The molecule has 0 atom stereocenters. The second kappa shape index (κ2) is 24.7. The molecule has 5 heterocycles. The van der Waals surface area contributed by atoms with Crippen molar-refractivity contribution in [1.29, 1.82) is 0 Å². The standard InChI is InChI=1S/2C13H15NO.2C12H13N.C11H12N2/c1-9(2)11-5-4-6-13-12(11)7-10(15-3)8-14-13;1-9(2)11-4-3-5-13-12(11)6-10(8-15)7-14-13;1-9(2)10-5-3-7-12-11(10)6-4-8-13-12;1-9(2)11-5-3-4-10-8-13-7-6-12(10)11;1-8(2)9-4-3-5-11-10(9)6-12-7-13-11/h4-9H,1-3H3;3-7,9,15H,8H2,1-2H3;2*3-9H,1-2H3;3-8H,1-2H3. The predicted molar refractivity (Wildman–Crippen MR) is 289 cm³/mol. The largest absolute Gasteiger partial charge is 0.495 e. The fourth-order valence-corrected chi connectivity index (χ4v) is 8.39. The molecular formula is C61H68N6O2. The van der Waals surface area contributed by atoms with Gasteiger partial charge in [0.2, 0.25) is 0 Å². The Balaban J connectivity index is 0.000000142. The van der Waals surface area contributed by atoms with Crippen LogP contribution in [0.3, 0.4) is 0 Å². The summed E-state index contributed by atoms with van der Waals surface area (Å²) in [4.78, 5) is 25.4. The Kier molecular flexibility index (Phi) is 18.4. The molecule has 5 aromatic carbocycles. The van der Waals surface area contributed by atoms with Crippen molar-refractivity contribution in [2.24, 2.45) is 0 Å². The van der Waals surface area contributed by atoms with Crippen molar-refractivity contribution in [3.63, 3.8) is 0 Å². The van der Waals surface area contributed by atoms with E-state index in [0.717, 1.165) is 38.8 Å². The summed E-state index contributed by atoms with van der Waals surface area (Å²) >= 11 is 0. The van der Waals surface area contributed by atoms with Crippen LogP contribution in [0, 0.1) is 0 Å². The van der Waals surface area contributed by atoms with Crippen molar-refractivity contribution in [3.05, 3.63) is 198 Å². The highest BCUT2D eigenvalue weighted by Gasteiger charge is 2.09. The highest BCUT2D eigenvalue weighted by Crippen LogP contribution is 2.29. The highest BCUT2D eigenvalue weighted by atomic mass is 16.5. The van der Waals surface area contributed by atoms with Crippen LogP contribution in [-0.2, 0) is 6.61 Å². The smallest absolute Gasteiger partial charge is 0.137 e. The second-order valence-electron chi connectivity index (χ2n) is 18.6. The van der Waals surface area contributed by atoms with Gasteiger partial charge in [0.05, 0.1) is 42.0 Å². The molecule has 0 bridgehead atoms. The van der Waals surface area contributed by atoms with Crippen LogP contribution in [0.4, 0.5) is 0 Å². The lowest BCUT2D eigenvalue weighted by Gasteiger charge is -2.10. The quantitative estimate of drug-likeness (QED) is 0.168. The van der Waals surface area contributed by atoms with Crippen molar-refractivity contribution in [2.45, 2.75) is 105 Å². The van der Waals surface area contributed by atoms with E-state index in [1.807, 2.05) is 67.3 Å². The van der Waals surface area contributed by atoms with E-state index in [-0.39, 0.29) is 6.61 Å². The predicted octanol–water partition coefficient (Wildman–Crippen LogP) is 15.7. The van der Waals surface area contributed by atoms with Gasteiger partial charge >= 0.3 is 0 Å². The van der Waals surface area contributed by atoms with E-state index in [1.54, 1.807) is 25.8 Å². The van der Waals surface area contributed by atoms with Gasteiger partial charge < -0.3 is 9.84 Å². The zero-order valence-corrected chi connectivity index (χ0v) is 42.2. The van der Waals surface area contributed by atoms with Gasteiger partial charge in [-0.3, -0.25) is 19.9 Å². The van der Waals surface area contributed by atoms with Crippen molar-refractivity contribution in [1.82, 2.24) is 29.9 Å². The molecule has 10 rings (SSSR count). The lowest BCUT2D eigenvalue weighted by Crippen LogP contribution is -1.93. The minimum Gasteiger partial charge on any atom is -0.495 e. The van der Waals surface area contributed by atoms with Gasteiger partial charge in [-0.1, -0.05) is 142 Å². The molecule has 0 unspecified atom stereocenters. The number of pyridine rings is 4. The number of fused-ring (bicyclic) bond motifs is 5. The number of benzene rings is 5. The fraction of sp³-hybridized carbons (Fsp3) is 0.279. The van der Waals surface area contributed by atoms with Crippen LogP contribution >= 0.6 is 0 Å². The molecule has 0 amide bonds. The number of hydrogen-bond donors (Lipinski definition) is 1. The summed E-state index contributed by atoms with van der Waals surface area (Å²) in [5.74, 6) is 3.45. The summed E-state index contributed by atoms with van der Waals surface area (Å²) < 4.78 is 5.19. The first-order valence-electron chi connectivity index (χ1n) is 24.1. The maximum atomic E-state index is 9.09. The molecule has 0 aliphatic heterocycles. The van der Waals surface area contributed by atoms with Crippen LogP contribution in [-0.4, -0.2) is 42.1 Å². The van der Waals surface area contributed by atoms with Gasteiger partial charge in [-0.15, -0.1) is 0 Å². The van der Waals surface area contributed by atoms with Crippen LogP contribution in [0.1, 0.15) is 132 Å². The number of aliphatic hydroxyl groups is 1. The molecule has 0 aliphatic carbocycles. The number of nitrogens with zero attached hydrogens (tertiary/aromatic N) is 6. The minimum absolute atomic E-state index is 0.0510. The summed E-state index contributed by atoms with van der Waals surface area (Å²) in [6, 6.07) is 41.6. The van der Waals surface area contributed by atoms with Gasteiger partial charge in [-0.2, -0.15) is 0 Å². The second-order valence-corrected chi connectivity index (χ2v) is 18.6. The van der Waals surface area contributed by atoms with E-state index in [4.69, 9.17) is 9.84 Å². The average molecular weight is 917 g/mol. The summed E-state index contributed by atoms with van der Waals surface area (Å²) in [6.07, 6.45) is 12.6. The first-order valence-corrected chi connectivity index (χ1v) is 24.1. The van der Waals surface area contributed by atoms with Crippen molar-refractivity contribution < 1.29 is 9.84 Å².